The first-order chi connectivity index (χ1) is 5.99. The summed E-state index contributed by atoms with van der Waals surface area (Å²) in [4.78, 5) is 13.9. The Labute approximate surface area is 77.7 Å². The molecule has 0 radical (unpaired) electrons. The van der Waals surface area contributed by atoms with Gasteiger partial charge in [-0.05, 0) is 25.3 Å². The Morgan fingerprint density at radius 1 is 1.38 bits per heavy atom. The van der Waals surface area contributed by atoms with E-state index in [4.69, 9.17) is 10.3 Å². The summed E-state index contributed by atoms with van der Waals surface area (Å²) in [5, 5.41) is 3.38. The zero-order chi connectivity index (χ0) is 10.4. The molecule has 0 saturated carbocycles. The lowest BCUT2D eigenvalue weighted by atomic mass is 10.1. The molecule has 13 heavy (non-hydrogen) atoms. The van der Waals surface area contributed by atoms with Crippen LogP contribution in [0.2, 0.25) is 0 Å². The van der Waals surface area contributed by atoms with Gasteiger partial charge in [0.05, 0.1) is 6.10 Å². The number of esters is 1. The molecular formula is C8H15N3O2. The van der Waals surface area contributed by atoms with E-state index < -0.39 is 12.0 Å². The highest BCUT2D eigenvalue weighted by atomic mass is 16.5. The van der Waals surface area contributed by atoms with E-state index >= 15 is 0 Å². The maximum absolute atomic E-state index is 11.3. The molecule has 0 heterocycles. The number of hydrogen-bond acceptors (Lipinski definition) is 3. The van der Waals surface area contributed by atoms with Crippen molar-refractivity contribution in [3.63, 3.8) is 0 Å². The van der Waals surface area contributed by atoms with Crippen LogP contribution in [0.15, 0.2) is 5.11 Å². The normalized spacial score (nSPS) is 12.5. The molecule has 0 aromatic carbocycles. The van der Waals surface area contributed by atoms with Crippen LogP contribution in [0.5, 0.6) is 0 Å². The largest absolute Gasteiger partial charge is 0.463 e. The second-order valence-corrected chi connectivity index (χ2v) is 3.38. The maximum Gasteiger partial charge on any atom is 0.315 e. The van der Waals surface area contributed by atoms with E-state index in [1.54, 1.807) is 27.7 Å². The fourth-order valence-electron chi connectivity index (χ4n) is 0.810. The Morgan fingerprint density at radius 3 is 2.23 bits per heavy atom. The van der Waals surface area contributed by atoms with E-state index in [0.29, 0.717) is 0 Å². The number of nitrogens with zero attached hydrogens (tertiary/aromatic N) is 3. The summed E-state index contributed by atoms with van der Waals surface area (Å²) in [7, 11) is 0. The van der Waals surface area contributed by atoms with Crippen LogP contribution in [-0.4, -0.2) is 18.1 Å². The highest BCUT2D eigenvalue weighted by Gasteiger charge is 2.22. The number of carbonyl (C=O) groups excluding carboxylic acids is 1. The van der Waals surface area contributed by atoms with Gasteiger partial charge < -0.3 is 4.74 Å². The third kappa shape index (κ3) is 4.38. The average molecular weight is 185 g/mol. The van der Waals surface area contributed by atoms with Crippen molar-refractivity contribution in [3.05, 3.63) is 10.4 Å². The second kappa shape index (κ2) is 5.43. The van der Waals surface area contributed by atoms with Crippen molar-refractivity contribution >= 4 is 5.97 Å². The molecule has 0 aliphatic rings. The molecule has 1 unspecified atom stereocenters. The molecule has 0 aromatic heterocycles. The SMILES string of the molecule is CC(C)OC(=O)C(N=[N+]=[N-])C(C)C. The van der Waals surface area contributed by atoms with Gasteiger partial charge >= 0.3 is 5.97 Å². The quantitative estimate of drug-likeness (QED) is 0.291. The van der Waals surface area contributed by atoms with Crippen LogP contribution >= 0.6 is 0 Å². The summed E-state index contributed by atoms with van der Waals surface area (Å²) in [5.41, 5.74) is 8.22. The number of hydrogen-bond donors (Lipinski definition) is 0. The fourth-order valence-corrected chi connectivity index (χ4v) is 0.810. The second-order valence-electron chi connectivity index (χ2n) is 3.38. The molecule has 5 nitrogen and oxygen atoms in total. The van der Waals surface area contributed by atoms with Gasteiger partial charge in [0, 0.05) is 4.91 Å². The third-order valence-electron chi connectivity index (χ3n) is 1.40. The molecule has 5 heteroatoms. The Morgan fingerprint density at radius 2 is 1.92 bits per heavy atom. The monoisotopic (exact) mass is 185 g/mol. The summed E-state index contributed by atoms with van der Waals surface area (Å²) < 4.78 is 4.92. The van der Waals surface area contributed by atoms with Gasteiger partial charge in [-0.15, -0.1) is 0 Å². The molecule has 0 saturated heterocycles. The Balaban J connectivity index is 4.37. The molecule has 74 valence electrons. The van der Waals surface area contributed by atoms with Crippen molar-refractivity contribution in [2.45, 2.75) is 39.8 Å². The van der Waals surface area contributed by atoms with E-state index in [1.165, 1.54) is 0 Å². The summed E-state index contributed by atoms with van der Waals surface area (Å²) in [6, 6.07) is -0.715. The number of ether oxygens (including phenoxy) is 1. The van der Waals surface area contributed by atoms with Crippen molar-refractivity contribution in [2.24, 2.45) is 11.0 Å². The average Bonchev–Trinajstić information content (AvgIpc) is 1.97. The minimum atomic E-state index is -0.715. The molecule has 0 aromatic rings. The van der Waals surface area contributed by atoms with Crippen LogP contribution < -0.4 is 0 Å². The van der Waals surface area contributed by atoms with Gasteiger partial charge in [-0.1, -0.05) is 19.0 Å². The van der Waals surface area contributed by atoms with Crippen LogP contribution in [0.4, 0.5) is 0 Å². The van der Waals surface area contributed by atoms with Crippen molar-refractivity contribution in [3.8, 4) is 0 Å². The molecule has 0 spiro atoms. The zero-order valence-corrected chi connectivity index (χ0v) is 8.39. The Kier molecular flexibility index (Phi) is 4.92. The van der Waals surface area contributed by atoms with Gasteiger partial charge in [0.2, 0.25) is 0 Å². The lowest BCUT2D eigenvalue weighted by Crippen LogP contribution is -2.28. The molecule has 0 bridgehead atoms. The molecule has 0 fully saturated rings. The van der Waals surface area contributed by atoms with E-state index in [0.717, 1.165) is 0 Å². The van der Waals surface area contributed by atoms with Crippen LogP contribution in [0.3, 0.4) is 0 Å². The van der Waals surface area contributed by atoms with Gasteiger partial charge in [0.25, 0.3) is 0 Å². The maximum atomic E-state index is 11.3. The number of azide groups is 1. The Hall–Kier alpha value is -1.22. The van der Waals surface area contributed by atoms with Gasteiger partial charge in [0.1, 0.15) is 6.04 Å². The van der Waals surface area contributed by atoms with E-state index in [-0.39, 0.29) is 12.0 Å². The first kappa shape index (κ1) is 11.8. The van der Waals surface area contributed by atoms with Gasteiger partial charge in [-0.2, -0.15) is 0 Å². The van der Waals surface area contributed by atoms with E-state index in [2.05, 4.69) is 10.0 Å². The smallest absolute Gasteiger partial charge is 0.315 e. The predicted octanol–water partition coefficient (Wildman–Crippen LogP) is 2.27. The highest BCUT2D eigenvalue weighted by molar-refractivity contribution is 5.76. The standard InChI is InChI=1S/C8H15N3O2/c1-5(2)7(10-11-9)8(12)13-6(3)4/h5-7H,1-4H3. The molecule has 0 N–H and O–H groups in total. The van der Waals surface area contributed by atoms with Crippen molar-refractivity contribution < 1.29 is 9.53 Å². The summed E-state index contributed by atoms with van der Waals surface area (Å²) >= 11 is 0. The molecule has 0 rings (SSSR count). The fraction of sp³-hybridized carbons (Fsp3) is 0.875. The van der Waals surface area contributed by atoms with Crippen LogP contribution in [-0.2, 0) is 9.53 Å². The van der Waals surface area contributed by atoms with Gasteiger partial charge in [-0.25, -0.2) is 0 Å². The van der Waals surface area contributed by atoms with Crippen molar-refractivity contribution in [2.75, 3.05) is 0 Å². The van der Waals surface area contributed by atoms with Crippen LogP contribution in [0.25, 0.3) is 10.4 Å². The van der Waals surface area contributed by atoms with E-state index in [9.17, 15) is 4.79 Å². The molecule has 1 atom stereocenters. The summed E-state index contributed by atoms with van der Waals surface area (Å²) in [6.07, 6.45) is -0.178. The number of rotatable bonds is 4. The number of carbonyl (C=O) groups is 1. The van der Waals surface area contributed by atoms with Gasteiger partial charge in [-0.3, -0.25) is 4.79 Å². The third-order valence-corrected chi connectivity index (χ3v) is 1.40. The van der Waals surface area contributed by atoms with Crippen LogP contribution in [0, 0.1) is 5.92 Å². The molecule has 0 aliphatic carbocycles. The van der Waals surface area contributed by atoms with Crippen LogP contribution in [0.1, 0.15) is 27.7 Å². The molecule has 0 aliphatic heterocycles. The van der Waals surface area contributed by atoms with E-state index in [1.807, 2.05) is 0 Å². The summed E-state index contributed by atoms with van der Waals surface area (Å²) in [5.74, 6) is -0.495. The first-order valence-electron chi connectivity index (χ1n) is 4.23. The predicted molar refractivity (Wildman–Crippen MR) is 49.0 cm³/mol. The lowest BCUT2D eigenvalue weighted by molar-refractivity contribution is -0.150. The highest BCUT2D eigenvalue weighted by Crippen LogP contribution is 2.09. The molecular weight excluding hydrogens is 170 g/mol. The molecule has 0 amide bonds. The minimum Gasteiger partial charge on any atom is -0.463 e. The van der Waals surface area contributed by atoms with Crippen molar-refractivity contribution in [1.82, 2.24) is 0 Å². The zero-order valence-electron chi connectivity index (χ0n) is 8.39. The topological polar surface area (TPSA) is 75.1 Å². The van der Waals surface area contributed by atoms with Gasteiger partial charge in [0.15, 0.2) is 0 Å². The first-order valence-corrected chi connectivity index (χ1v) is 4.23. The Bertz CT molecular complexity index is 219. The summed E-state index contributed by atoms with van der Waals surface area (Å²) in [6.45, 7) is 7.12. The lowest BCUT2D eigenvalue weighted by Gasteiger charge is -2.15. The minimum absolute atomic E-state index is 0.0397. The van der Waals surface area contributed by atoms with Crippen molar-refractivity contribution in [1.29, 1.82) is 0 Å².